The molecule has 2 amide bonds. The number of piperidine rings is 1. The van der Waals surface area contributed by atoms with Gasteiger partial charge in [-0.25, -0.2) is 9.78 Å². The Labute approximate surface area is 156 Å². The van der Waals surface area contributed by atoms with E-state index < -0.39 is 0 Å². The van der Waals surface area contributed by atoms with Crippen LogP contribution in [0.4, 0.5) is 10.5 Å². The number of urea groups is 1. The van der Waals surface area contributed by atoms with Crippen LogP contribution in [0.15, 0.2) is 42.0 Å². The number of nitrogens with one attached hydrogen (secondary N) is 2. The Morgan fingerprint density at radius 3 is 2.92 bits per heavy atom. The lowest BCUT2D eigenvalue weighted by atomic mass is 9.95. The van der Waals surface area contributed by atoms with E-state index in [0.29, 0.717) is 5.69 Å². The van der Waals surface area contributed by atoms with Crippen molar-refractivity contribution in [2.75, 3.05) is 11.9 Å². The third-order valence-corrected chi connectivity index (χ3v) is 5.54. The van der Waals surface area contributed by atoms with Crippen LogP contribution in [0.3, 0.4) is 0 Å². The number of aryl methyl sites for hydroxylation is 1. The normalized spacial score (nSPS) is 17.3. The van der Waals surface area contributed by atoms with Crippen LogP contribution in [0.2, 0.25) is 0 Å². The molecule has 134 valence electrons. The highest BCUT2D eigenvalue weighted by molar-refractivity contribution is 7.13. The first-order valence-corrected chi connectivity index (χ1v) is 9.68. The molecule has 1 unspecified atom stereocenters. The SMILES string of the molecule is Cc1ccc(C2CCCCN2C(=O)Nc2cn[nH]c2-c2nccs2)cc1. The average Bonchev–Trinajstić information content (AvgIpc) is 3.34. The second kappa shape index (κ2) is 7.29. The average molecular weight is 367 g/mol. The molecule has 6 nitrogen and oxygen atoms in total. The van der Waals surface area contributed by atoms with Gasteiger partial charge in [0.2, 0.25) is 0 Å². The molecule has 1 aliphatic heterocycles. The molecular weight excluding hydrogens is 346 g/mol. The molecule has 3 heterocycles. The summed E-state index contributed by atoms with van der Waals surface area (Å²) in [5.74, 6) is 0. The van der Waals surface area contributed by atoms with Crippen LogP contribution in [-0.4, -0.2) is 32.7 Å². The van der Waals surface area contributed by atoms with Gasteiger partial charge in [-0.2, -0.15) is 5.10 Å². The van der Waals surface area contributed by atoms with Gasteiger partial charge in [0.1, 0.15) is 10.7 Å². The maximum Gasteiger partial charge on any atom is 0.322 e. The third kappa shape index (κ3) is 3.35. The van der Waals surface area contributed by atoms with Crippen molar-refractivity contribution in [3.63, 3.8) is 0 Å². The lowest BCUT2D eigenvalue weighted by Crippen LogP contribution is -2.41. The Bertz CT molecular complexity index is 872. The summed E-state index contributed by atoms with van der Waals surface area (Å²) in [7, 11) is 0. The maximum absolute atomic E-state index is 13.0. The van der Waals surface area contributed by atoms with Crippen molar-refractivity contribution in [2.45, 2.75) is 32.2 Å². The largest absolute Gasteiger partial charge is 0.322 e. The van der Waals surface area contributed by atoms with E-state index in [1.165, 1.54) is 22.5 Å². The number of hydrogen-bond acceptors (Lipinski definition) is 4. The van der Waals surface area contributed by atoms with Crippen molar-refractivity contribution in [3.8, 4) is 10.7 Å². The van der Waals surface area contributed by atoms with Crippen molar-refractivity contribution in [1.29, 1.82) is 0 Å². The Balaban J connectivity index is 1.55. The van der Waals surface area contributed by atoms with Gasteiger partial charge in [0.25, 0.3) is 0 Å². The predicted octanol–water partition coefficient (Wildman–Crippen LogP) is 4.60. The first-order valence-electron chi connectivity index (χ1n) is 8.80. The molecule has 0 radical (unpaired) electrons. The van der Waals surface area contributed by atoms with Gasteiger partial charge in [-0.05, 0) is 31.7 Å². The number of amides is 2. The number of benzene rings is 1. The predicted molar refractivity (Wildman–Crippen MR) is 103 cm³/mol. The van der Waals surface area contributed by atoms with Gasteiger partial charge in [-0.3, -0.25) is 5.10 Å². The number of thiazole rings is 1. The van der Waals surface area contributed by atoms with Gasteiger partial charge in [-0.1, -0.05) is 29.8 Å². The molecule has 1 aliphatic rings. The van der Waals surface area contributed by atoms with Crippen molar-refractivity contribution >= 4 is 23.1 Å². The minimum absolute atomic E-state index is 0.0884. The highest BCUT2D eigenvalue weighted by Crippen LogP contribution is 2.33. The molecule has 1 aromatic carbocycles. The molecule has 1 saturated heterocycles. The number of aromatic nitrogens is 3. The molecular formula is C19H21N5OS. The van der Waals surface area contributed by atoms with Crippen LogP contribution in [-0.2, 0) is 0 Å². The molecule has 0 saturated carbocycles. The van der Waals surface area contributed by atoms with E-state index in [2.05, 4.69) is 51.7 Å². The van der Waals surface area contributed by atoms with E-state index in [0.717, 1.165) is 36.5 Å². The molecule has 1 atom stereocenters. The summed E-state index contributed by atoms with van der Waals surface area (Å²) in [4.78, 5) is 19.2. The third-order valence-electron chi connectivity index (χ3n) is 4.75. The van der Waals surface area contributed by atoms with Gasteiger partial charge in [0, 0.05) is 18.1 Å². The zero-order valence-corrected chi connectivity index (χ0v) is 15.4. The lowest BCUT2D eigenvalue weighted by Gasteiger charge is -2.36. The summed E-state index contributed by atoms with van der Waals surface area (Å²) < 4.78 is 0. The quantitative estimate of drug-likeness (QED) is 0.710. The van der Waals surface area contributed by atoms with Crippen LogP contribution >= 0.6 is 11.3 Å². The van der Waals surface area contributed by atoms with E-state index in [4.69, 9.17) is 0 Å². The minimum Gasteiger partial charge on any atom is -0.317 e. The Kier molecular flexibility index (Phi) is 4.71. The van der Waals surface area contributed by atoms with Crippen LogP contribution in [0.25, 0.3) is 10.7 Å². The van der Waals surface area contributed by atoms with Gasteiger partial charge in [0.15, 0.2) is 0 Å². The van der Waals surface area contributed by atoms with Gasteiger partial charge >= 0.3 is 6.03 Å². The number of anilines is 1. The molecule has 0 bridgehead atoms. The smallest absolute Gasteiger partial charge is 0.317 e. The fourth-order valence-corrected chi connectivity index (χ4v) is 4.03. The zero-order valence-electron chi connectivity index (χ0n) is 14.6. The Hall–Kier alpha value is -2.67. The summed E-state index contributed by atoms with van der Waals surface area (Å²) in [6.07, 6.45) is 6.53. The topological polar surface area (TPSA) is 73.9 Å². The number of aromatic amines is 1. The number of rotatable bonds is 3. The maximum atomic E-state index is 13.0. The number of likely N-dealkylation sites (tertiary alicyclic amines) is 1. The van der Waals surface area contributed by atoms with E-state index in [1.807, 2.05) is 10.3 Å². The number of nitrogens with zero attached hydrogens (tertiary/aromatic N) is 3. The molecule has 1 fully saturated rings. The zero-order chi connectivity index (χ0) is 17.9. The fourth-order valence-electron chi connectivity index (χ4n) is 3.39. The minimum atomic E-state index is -0.0884. The lowest BCUT2D eigenvalue weighted by molar-refractivity contribution is 0.163. The summed E-state index contributed by atoms with van der Waals surface area (Å²) in [6.45, 7) is 2.84. The monoisotopic (exact) mass is 367 g/mol. The standard InChI is InChI=1S/C19H21N5OS/c1-13-5-7-14(8-6-13)16-4-2-3-10-24(16)19(25)22-15-12-21-23-17(15)18-20-9-11-26-18/h5-9,11-12,16H,2-4,10H2,1H3,(H,21,23)(H,22,25). The Morgan fingerprint density at radius 1 is 1.31 bits per heavy atom. The molecule has 2 aromatic heterocycles. The van der Waals surface area contributed by atoms with Crippen molar-refractivity contribution < 1.29 is 4.79 Å². The van der Waals surface area contributed by atoms with E-state index in [1.54, 1.807) is 12.4 Å². The second-order valence-electron chi connectivity index (χ2n) is 6.54. The number of H-pyrrole nitrogens is 1. The van der Waals surface area contributed by atoms with Crippen molar-refractivity contribution in [1.82, 2.24) is 20.1 Å². The number of hydrogen-bond donors (Lipinski definition) is 2. The van der Waals surface area contributed by atoms with Gasteiger partial charge in [0.05, 0.1) is 17.9 Å². The van der Waals surface area contributed by atoms with Crippen molar-refractivity contribution in [3.05, 3.63) is 53.2 Å². The molecule has 26 heavy (non-hydrogen) atoms. The first-order chi connectivity index (χ1) is 12.7. The summed E-state index contributed by atoms with van der Waals surface area (Å²) in [5.41, 5.74) is 3.83. The second-order valence-corrected chi connectivity index (χ2v) is 7.44. The van der Waals surface area contributed by atoms with Crippen LogP contribution in [0, 0.1) is 6.92 Å². The molecule has 0 aliphatic carbocycles. The molecule has 2 N–H and O–H groups in total. The summed E-state index contributed by atoms with van der Waals surface area (Å²) >= 11 is 1.51. The van der Waals surface area contributed by atoms with Crippen LogP contribution in [0.5, 0.6) is 0 Å². The van der Waals surface area contributed by atoms with E-state index in [9.17, 15) is 4.79 Å². The summed E-state index contributed by atoms with van der Waals surface area (Å²) in [5, 5.41) is 12.7. The number of carbonyl (C=O) groups excluding carboxylic acids is 1. The molecule has 7 heteroatoms. The van der Waals surface area contributed by atoms with Crippen LogP contribution < -0.4 is 5.32 Å². The summed E-state index contributed by atoms with van der Waals surface area (Å²) in [6, 6.07) is 8.50. The van der Waals surface area contributed by atoms with E-state index >= 15 is 0 Å². The fraction of sp³-hybridized carbons (Fsp3) is 0.316. The van der Waals surface area contributed by atoms with Crippen LogP contribution in [0.1, 0.15) is 36.4 Å². The first kappa shape index (κ1) is 16.8. The van der Waals surface area contributed by atoms with Crippen molar-refractivity contribution in [2.24, 2.45) is 0 Å². The highest BCUT2D eigenvalue weighted by Gasteiger charge is 2.28. The van der Waals surface area contributed by atoms with Gasteiger partial charge < -0.3 is 10.2 Å². The molecule has 3 aromatic rings. The molecule has 4 rings (SSSR count). The Morgan fingerprint density at radius 2 is 2.15 bits per heavy atom. The molecule has 0 spiro atoms. The van der Waals surface area contributed by atoms with E-state index in [-0.39, 0.29) is 12.1 Å². The number of carbonyl (C=O) groups is 1. The highest BCUT2D eigenvalue weighted by atomic mass is 32.1. The van der Waals surface area contributed by atoms with Gasteiger partial charge in [-0.15, -0.1) is 11.3 Å².